The Bertz CT molecular complexity index is 1370. The van der Waals surface area contributed by atoms with E-state index in [0.717, 1.165) is 33.9 Å². The third kappa shape index (κ3) is 6.51. The highest BCUT2D eigenvalue weighted by Gasteiger charge is 2.29. The highest BCUT2D eigenvalue weighted by atomic mass is 32.2. The molecule has 3 aromatic rings. The molecule has 3 rings (SSSR count). The average molecular weight is 509 g/mol. The van der Waals surface area contributed by atoms with E-state index < -0.39 is 16.0 Å². The number of anilines is 1. The van der Waals surface area contributed by atoms with Crippen LogP contribution in [0.2, 0.25) is 0 Å². The van der Waals surface area contributed by atoms with E-state index in [4.69, 9.17) is 9.84 Å². The van der Waals surface area contributed by atoms with Gasteiger partial charge in [-0.3, -0.25) is 9.29 Å². The first-order valence-electron chi connectivity index (χ1n) is 11.7. The zero-order valence-corrected chi connectivity index (χ0v) is 22.0. The second-order valence-electron chi connectivity index (χ2n) is 9.17. The van der Waals surface area contributed by atoms with Crippen LogP contribution in [0.3, 0.4) is 0 Å². The fourth-order valence-electron chi connectivity index (χ4n) is 3.68. The molecular formula is C28H32N2O5S. The van der Waals surface area contributed by atoms with E-state index in [0.29, 0.717) is 11.4 Å². The SMILES string of the molecule is Cc1cc(OCc2ccc(/C=C/C(=O)O)cc2C)c(N(CC(C)C)S(=O)(=O)c2cccnc2)cc1C. The smallest absolute Gasteiger partial charge is 0.328 e. The van der Waals surface area contributed by atoms with Crippen molar-refractivity contribution in [3.05, 3.63) is 88.8 Å². The van der Waals surface area contributed by atoms with E-state index in [1.165, 1.54) is 16.6 Å². The van der Waals surface area contributed by atoms with E-state index in [1.54, 1.807) is 18.3 Å². The largest absolute Gasteiger partial charge is 0.487 e. The molecule has 0 aliphatic heterocycles. The van der Waals surface area contributed by atoms with Gasteiger partial charge in [0.2, 0.25) is 0 Å². The molecule has 0 radical (unpaired) electrons. The van der Waals surface area contributed by atoms with Crippen molar-refractivity contribution in [2.75, 3.05) is 10.8 Å². The van der Waals surface area contributed by atoms with Crippen LogP contribution < -0.4 is 9.04 Å². The lowest BCUT2D eigenvalue weighted by Gasteiger charge is -2.28. The summed E-state index contributed by atoms with van der Waals surface area (Å²) >= 11 is 0. The second-order valence-corrected chi connectivity index (χ2v) is 11.0. The van der Waals surface area contributed by atoms with Crippen LogP contribution in [0.5, 0.6) is 5.75 Å². The minimum Gasteiger partial charge on any atom is -0.487 e. The third-order valence-corrected chi connectivity index (χ3v) is 7.53. The van der Waals surface area contributed by atoms with Gasteiger partial charge in [-0.05, 0) is 84.8 Å². The number of aliphatic carboxylic acids is 1. The summed E-state index contributed by atoms with van der Waals surface area (Å²) < 4.78 is 35.0. The Morgan fingerprint density at radius 3 is 2.42 bits per heavy atom. The van der Waals surface area contributed by atoms with E-state index in [9.17, 15) is 13.2 Å². The Morgan fingerprint density at radius 2 is 1.81 bits per heavy atom. The summed E-state index contributed by atoms with van der Waals surface area (Å²) in [4.78, 5) is 14.9. The molecule has 0 atom stereocenters. The highest BCUT2D eigenvalue weighted by molar-refractivity contribution is 7.92. The standard InChI is InChI=1S/C28H32N2O5S/c1-19(2)17-30(36(33,34)25-7-6-12-29-16-25)26-14-20(3)21(4)15-27(26)35-18-24-10-8-23(13-22(24)5)9-11-28(31)32/h6-16,19H,17-18H2,1-5H3,(H,31,32)/b11-9+. The van der Waals surface area contributed by atoms with Crippen LogP contribution in [0.1, 0.15) is 41.7 Å². The van der Waals surface area contributed by atoms with Gasteiger partial charge in [0.15, 0.2) is 0 Å². The number of carboxylic acids is 1. The summed E-state index contributed by atoms with van der Waals surface area (Å²) in [6, 6.07) is 12.5. The molecule has 1 heterocycles. The fraction of sp³-hybridized carbons (Fsp3) is 0.286. The number of ether oxygens (including phenoxy) is 1. The maximum atomic E-state index is 13.7. The molecule has 36 heavy (non-hydrogen) atoms. The molecule has 0 aliphatic carbocycles. The number of pyridine rings is 1. The Kier molecular flexibility index (Phi) is 8.53. The van der Waals surface area contributed by atoms with Crippen molar-refractivity contribution in [3.63, 3.8) is 0 Å². The molecule has 0 saturated heterocycles. The number of carbonyl (C=O) groups is 1. The van der Waals surface area contributed by atoms with E-state index in [1.807, 2.05) is 65.0 Å². The van der Waals surface area contributed by atoms with Gasteiger partial charge in [0.1, 0.15) is 17.3 Å². The van der Waals surface area contributed by atoms with Crippen LogP contribution in [0.15, 0.2) is 65.8 Å². The quantitative estimate of drug-likeness (QED) is 0.362. The Morgan fingerprint density at radius 1 is 1.08 bits per heavy atom. The number of hydrogen-bond donors (Lipinski definition) is 1. The number of hydrogen-bond acceptors (Lipinski definition) is 5. The number of sulfonamides is 1. The maximum absolute atomic E-state index is 13.7. The molecule has 1 N–H and O–H groups in total. The van der Waals surface area contributed by atoms with Crippen molar-refractivity contribution in [3.8, 4) is 5.75 Å². The zero-order chi connectivity index (χ0) is 26.5. The number of rotatable bonds is 10. The minimum absolute atomic E-state index is 0.0690. The summed E-state index contributed by atoms with van der Waals surface area (Å²) in [5, 5.41) is 8.85. The van der Waals surface area contributed by atoms with Crippen LogP contribution >= 0.6 is 0 Å². The van der Waals surface area contributed by atoms with Gasteiger partial charge in [-0.15, -0.1) is 0 Å². The molecule has 1 aromatic heterocycles. The van der Waals surface area contributed by atoms with Crippen molar-refractivity contribution in [2.24, 2.45) is 5.92 Å². The van der Waals surface area contributed by atoms with Gasteiger partial charge in [-0.25, -0.2) is 13.2 Å². The third-order valence-electron chi connectivity index (χ3n) is 5.77. The fourth-order valence-corrected chi connectivity index (χ4v) is 5.27. The molecule has 190 valence electrons. The number of nitrogens with zero attached hydrogens (tertiary/aromatic N) is 2. The normalized spacial score (nSPS) is 11.7. The Labute approximate surface area is 213 Å². The van der Waals surface area contributed by atoms with Gasteiger partial charge in [0.25, 0.3) is 10.0 Å². The molecule has 7 nitrogen and oxygen atoms in total. The summed E-state index contributed by atoms with van der Waals surface area (Å²) in [6.45, 7) is 10.3. The summed E-state index contributed by atoms with van der Waals surface area (Å²) in [7, 11) is -3.88. The van der Waals surface area contributed by atoms with Crippen LogP contribution in [-0.4, -0.2) is 31.0 Å². The minimum atomic E-state index is -3.88. The molecule has 2 aromatic carbocycles. The first kappa shape index (κ1) is 26.9. The summed E-state index contributed by atoms with van der Waals surface area (Å²) in [6.07, 6.45) is 5.53. The molecule has 0 bridgehead atoms. The molecule has 0 aliphatic rings. The second kappa shape index (κ2) is 11.4. The Balaban J connectivity index is 2.00. The lowest BCUT2D eigenvalue weighted by molar-refractivity contribution is -0.131. The number of carboxylic acid groups (broad SMARTS) is 1. The lowest BCUT2D eigenvalue weighted by atomic mass is 10.0. The van der Waals surface area contributed by atoms with Crippen molar-refractivity contribution in [2.45, 2.75) is 46.1 Å². The lowest BCUT2D eigenvalue weighted by Crippen LogP contribution is -2.34. The van der Waals surface area contributed by atoms with Crippen LogP contribution in [0, 0.1) is 26.7 Å². The summed E-state index contributed by atoms with van der Waals surface area (Å²) in [5.41, 5.74) is 5.05. The average Bonchev–Trinajstić information content (AvgIpc) is 2.83. The van der Waals surface area contributed by atoms with Gasteiger partial charge in [0.05, 0.1) is 5.69 Å². The molecular weight excluding hydrogens is 476 g/mol. The topological polar surface area (TPSA) is 96.8 Å². The zero-order valence-electron chi connectivity index (χ0n) is 21.2. The van der Waals surface area contributed by atoms with E-state index in [2.05, 4.69) is 4.98 Å². The van der Waals surface area contributed by atoms with Gasteiger partial charge < -0.3 is 9.84 Å². The van der Waals surface area contributed by atoms with Crippen LogP contribution in [0.4, 0.5) is 5.69 Å². The van der Waals surface area contributed by atoms with Crippen molar-refractivity contribution < 1.29 is 23.1 Å². The first-order chi connectivity index (χ1) is 17.0. The van der Waals surface area contributed by atoms with E-state index in [-0.39, 0.29) is 24.0 Å². The predicted molar refractivity (Wildman–Crippen MR) is 142 cm³/mol. The van der Waals surface area contributed by atoms with Crippen molar-refractivity contribution >= 4 is 27.8 Å². The molecule has 0 saturated carbocycles. The molecule has 0 spiro atoms. The van der Waals surface area contributed by atoms with Crippen LogP contribution in [0.25, 0.3) is 6.08 Å². The van der Waals surface area contributed by atoms with Gasteiger partial charge >= 0.3 is 5.97 Å². The molecule has 0 amide bonds. The molecule has 8 heteroatoms. The highest BCUT2D eigenvalue weighted by Crippen LogP contribution is 2.36. The molecule has 0 fully saturated rings. The van der Waals surface area contributed by atoms with Gasteiger partial charge in [-0.2, -0.15) is 0 Å². The maximum Gasteiger partial charge on any atom is 0.328 e. The predicted octanol–water partition coefficient (Wildman–Crippen LogP) is 5.53. The summed E-state index contributed by atoms with van der Waals surface area (Å²) in [5.74, 6) is -0.463. The number of aromatic nitrogens is 1. The van der Waals surface area contributed by atoms with E-state index >= 15 is 0 Å². The van der Waals surface area contributed by atoms with Crippen molar-refractivity contribution in [1.82, 2.24) is 4.98 Å². The van der Waals surface area contributed by atoms with Crippen LogP contribution in [-0.2, 0) is 21.4 Å². The van der Waals surface area contributed by atoms with Crippen molar-refractivity contribution in [1.29, 1.82) is 0 Å². The number of benzene rings is 2. The monoisotopic (exact) mass is 508 g/mol. The molecule has 0 unspecified atom stereocenters. The van der Waals surface area contributed by atoms with Gasteiger partial charge in [-0.1, -0.05) is 32.0 Å². The first-order valence-corrected chi connectivity index (χ1v) is 13.1. The Hall–Kier alpha value is -3.65. The number of aryl methyl sites for hydroxylation is 3. The van der Waals surface area contributed by atoms with Gasteiger partial charge in [0, 0.05) is 25.0 Å².